The maximum Gasteiger partial charge on any atom is 0.0850 e. The number of hydrogen-bond acceptors (Lipinski definition) is 1. The summed E-state index contributed by atoms with van der Waals surface area (Å²) >= 11 is 0. The molecule has 0 heterocycles. The second kappa shape index (κ2) is 5.27. The Morgan fingerprint density at radius 2 is 2.10 bits per heavy atom. The van der Waals surface area contributed by atoms with Gasteiger partial charge >= 0.3 is 0 Å². The average molecular weight is 142 g/mol. The molecule has 0 saturated carbocycles. The third-order valence-electron chi connectivity index (χ3n) is 1.61. The van der Waals surface area contributed by atoms with E-state index in [0.717, 1.165) is 13.0 Å². The second-order valence-electron chi connectivity index (χ2n) is 2.60. The van der Waals surface area contributed by atoms with Crippen molar-refractivity contribution in [2.45, 2.75) is 33.2 Å². The van der Waals surface area contributed by atoms with Gasteiger partial charge in [-0.2, -0.15) is 0 Å². The van der Waals surface area contributed by atoms with Gasteiger partial charge in [-0.3, -0.25) is 4.99 Å². The maximum atomic E-state index is 4.31. The molecule has 0 aromatic heterocycles. The lowest BCUT2D eigenvalue weighted by molar-refractivity contribution is 0.543. The summed E-state index contributed by atoms with van der Waals surface area (Å²) in [6.45, 7) is 7.41. The Hall–Kier alpha value is -0.530. The minimum Gasteiger partial charge on any atom is -0.366 e. The van der Waals surface area contributed by atoms with Gasteiger partial charge in [-0.05, 0) is 20.3 Å². The molecule has 0 rings (SSSR count). The molecule has 1 atom stereocenters. The Labute approximate surface area is 63.9 Å². The van der Waals surface area contributed by atoms with Crippen molar-refractivity contribution in [1.82, 2.24) is 4.90 Å². The van der Waals surface area contributed by atoms with Gasteiger partial charge < -0.3 is 4.90 Å². The lowest BCUT2D eigenvalue weighted by Gasteiger charge is -2.09. The Morgan fingerprint density at radius 3 is 2.50 bits per heavy atom. The van der Waals surface area contributed by atoms with Crippen molar-refractivity contribution in [3.8, 4) is 0 Å². The van der Waals surface area contributed by atoms with E-state index in [1.165, 1.54) is 0 Å². The minimum absolute atomic E-state index is 0.467. The van der Waals surface area contributed by atoms with Gasteiger partial charge in [-0.15, -0.1) is 0 Å². The first-order chi connectivity index (χ1) is 4.70. The van der Waals surface area contributed by atoms with Crippen molar-refractivity contribution in [1.29, 1.82) is 0 Å². The molecule has 0 aliphatic carbocycles. The molecule has 1 unspecified atom stereocenters. The van der Waals surface area contributed by atoms with Crippen molar-refractivity contribution in [3.63, 3.8) is 0 Å². The number of rotatable bonds is 4. The molecule has 2 heteroatoms. The predicted octanol–water partition coefficient (Wildman–Crippen LogP) is 1.76. The molecule has 0 N–H and O–H groups in total. The highest BCUT2D eigenvalue weighted by Crippen LogP contribution is 1.92. The standard InChI is InChI=1S/C8H18N2/c1-5-8(3)9-7-10(4)6-2/h7-8H,5-6H2,1-4H3. The van der Waals surface area contributed by atoms with Crippen LogP contribution in [0.1, 0.15) is 27.2 Å². The fourth-order valence-corrected chi connectivity index (χ4v) is 0.415. The monoisotopic (exact) mass is 142 g/mol. The van der Waals surface area contributed by atoms with Crippen LogP contribution in [-0.4, -0.2) is 30.9 Å². The molecular formula is C8H18N2. The fourth-order valence-electron chi connectivity index (χ4n) is 0.415. The summed E-state index contributed by atoms with van der Waals surface area (Å²) in [4.78, 5) is 6.39. The van der Waals surface area contributed by atoms with Gasteiger partial charge in [-0.1, -0.05) is 6.92 Å². The first-order valence-electron chi connectivity index (χ1n) is 3.94. The lowest BCUT2D eigenvalue weighted by Crippen LogP contribution is -2.16. The van der Waals surface area contributed by atoms with Crippen LogP contribution in [0.3, 0.4) is 0 Å². The number of hydrogen-bond donors (Lipinski definition) is 0. The molecule has 0 aromatic rings. The molecule has 60 valence electrons. The topological polar surface area (TPSA) is 15.6 Å². The van der Waals surface area contributed by atoms with Crippen LogP contribution in [0.25, 0.3) is 0 Å². The molecular weight excluding hydrogens is 124 g/mol. The molecule has 0 aliphatic heterocycles. The average Bonchev–Trinajstić information content (AvgIpc) is 1.99. The third kappa shape index (κ3) is 4.36. The molecule has 0 spiro atoms. The Kier molecular flexibility index (Phi) is 4.99. The highest BCUT2D eigenvalue weighted by molar-refractivity contribution is 5.54. The van der Waals surface area contributed by atoms with Crippen molar-refractivity contribution in [2.75, 3.05) is 13.6 Å². The van der Waals surface area contributed by atoms with E-state index in [0.29, 0.717) is 6.04 Å². The van der Waals surface area contributed by atoms with Gasteiger partial charge in [-0.25, -0.2) is 0 Å². The zero-order valence-corrected chi connectivity index (χ0v) is 7.46. The zero-order valence-electron chi connectivity index (χ0n) is 7.46. The fraction of sp³-hybridized carbons (Fsp3) is 0.875. The summed E-state index contributed by atoms with van der Waals surface area (Å²) in [6.07, 6.45) is 3.03. The molecule has 0 aromatic carbocycles. The van der Waals surface area contributed by atoms with Crippen LogP contribution in [0.4, 0.5) is 0 Å². The second-order valence-corrected chi connectivity index (χ2v) is 2.60. The molecule has 0 amide bonds. The summed E-state index contributed by atoms with van der Waals surface area (Å²) in [5.74, 6) is 0. The van der Waals surface area contributed by atoms with E-state index in [4.69, 9.17) is 0 Å². The molecule has 0 saturated heterocycles. The normalized spacial score (nSPS) is 14.0. The minimum atomic E-state index is 0.467. The van der Waals surface area contributed by atoms with E-state index in [-0.39, 0.29) is 0 Å². The predicted molar refractivity (Wildman–Crippen MR) is 46.5 cm³/mol. The van der Waals surface area contributed by atoms with E-state index < -0.39 is 0 Å². The molecule has 10 heavy (non-hydrogen) atoms. The summed E-state index contributed by atoms with van der Waals surface area (Å²) in [6, 6.07) is 0.467. The summed E-state index contributed by atoms with van der Waals surface area (Å²) in [5.41, 5.74) is 0. The molecule has 0 radical (unpaired) electrons. The number of nitrogens with zero attached hydrogens (tertiary/aromatic N) is 2. The van der Waals surface area contributed by atoms with Crippen LogP contribution in [0.15, 0.2) is 4.99 Å². The van der Waals surface area contributed by atoms with E-state index in [9.17, 15) is 0 Å². The van der Waals surface area contributed by atoms with Crippen LogP contribution in [0, 0.1) is 0 Å². The van der Waals surface area contributed by atoms with Crippen LogP contribution in [0.5, 0.6) is 0 Å². The number of aliphatic imine (C=N–C) groups is 1. The van der Waals surface area contributed by atoms with Gasteiger partial charge in [0.2, 0.25) is 0 Å². The van der Waals surface area contributed by atoms with Crippen LogP contribution in [-0.2, 0) is 0 Å². The van der Waals surface area contributed by atoms with Gasteiger partial charge in [0.25, 0.3) is 0 Å². The highest BCUT2D eigenvalue weighted by Gasteiger charge is 1.91. The first-order valence-corrected chi connectivity index (χ1v) is 3.94. The van der Waals surface area contributed by atoms with Gasteiger partial charge in [0.15, 0.2) is 0 Å². The smallest absolute Gasteiger partial charge is 0.0850 e. The van der Waals surface area contributed by atoms with Gasteiger partial charge in [0.1, 0.15) is 0 Å². The highest BCUT2D eigenvalue weighted by atomic mass is 15.1. The van der Waals surface area contributed by atoms with Crippen LogP contribution in [0.2, 0.25) is 0 Å². The SMILES string of the molecule is CCC(C)N=CN(C)CC. The third-order valence-corrected chi connectivity index (χ3v) is 1.61. The van der Waals surface area contributed by atoms with Crippen LogP contribution < -0.4 is 0 Å². The van der Waals surface area contributed by atoms with Crippen molar-refractivity contribution < 1.29 is 0 Å². The van der Waals surface area contributed by atoms with E-state index in [2.05, 4.69) is 30.7 Å². The van der Waals surface area contributed by atoms with Crippen molar-refractivity contribution in [2.24, 2.45) is 4.99 Å². The largest absolute Gasteiger partial charge is 0.366 e. The zero-order chi connectivity index (χ0) is 7.98. The van der Waals surface area contributed by atoms with Crippen molar-refractivity contribution in [3.05, 3.63) is 0 Å². The Morgan fingerprint density at radius 1 is 1.50 bits per heavy atom. The Bertz CT molecular complexity index is 87.4. The first kappa shape index (κ1) is 9.47. The molecule has 0 fully saturated rings. The Balaban J connectivity index is 3.52. The summed E-state index contributed by atoms with van der Waals surface area (Å²) in [5, 5.41) is 0. The van der Waals surface area contributed by atoms with E-state index in [1.807, 2.05) is 13.4 Å². The van der Waals surface area contributed by atoms with Crippen LogP contribution >= 0.6 is 0 Å². The summed E-state index contributed by atoms with van der Waals surface area (Å²) < 4.78 is 0. The quantitative estimate of drug-likeness (QED) is 0.431. The molecule has 2 nitrogen and oxygen atoms in total. The van der Waals surface area contributed by atoms with E-state index >= 15 is 0 Å². The van der Waals surface area contributed by atoms with E-state index in [1.54, 1.807) is 0 Å². The van der Waals surface area contributed by atoms with Gasteiger partial charge in [0, 0.05) is 19.6 Å². The van der Waals surface area contributed by atoms with Gasteiger partial charge in [0.05, 0.1) is 6.34 Å². The maximum absolute atomic E-state index is 4.31. The summed E-state index contributed by atoms with van der Waals surface area (Å²) in [7, 11) is 2.03. The lowest BCUT2D eigenvalue weighted by atomic mass is 10.3. The van der Waals surface area contributed by atoms with Crippen molar-refractivity contribution >= 4 is 6.34 Å². The molecule has 0 bridgehead atoms. The molecule has 0 aliphatic rings.